The van der Waals surface area contributed by atoms with Crippen LogP contribution in [0.4, 0.5) is 0 Å². The van der Waals surface area contributed by atoms with Gasteiger partial charge in [0.05, 0.1) is 6.42 Å². The molecule has 1 fully saturated rings. The highest BCUT2D eigenvalue weighted by molar-refractivity contribution is 6.09. The molecular weight excluding hydrogens is 1190 g/mol. The fraction of sp³-hybridized carbons (Fsp3) is 0.387. The zero-order valence-electron chi connectivity index (χ0n) is 50.8. The van der Waals surface area contributed by atoms with Gasteiger partial charge in [0.2, 0.25) is 65.0 Å². The van der Waals surface area contributed by atoms with Crippen molar-refractivity contribution in [1.29, 1.82) is 0 Å². The summed E-state index contributed by atoms with van der Waals surface area (Å²) < 4.78 is 0. The minimum atomic E-state index is -1.86. The number of ketones is 1. The van der Waals surface area contributed by atoms with Crippen molar-refractivity contribution in [3.05, 3.63) is 137 Å². The van der Waals surface area contributed by atoms with E-state index >= 15 is 0 Å². The van der Waals surface area contributed by atoms with E-state index in [1.807, 2.05) is 0 Å². The van der Waals surface area contributed by atoms with E-state index in [2.05, 4.69) is 47.2 Å². The van der Waals surface area contributed by atoms with E-state index in [9.17, 15) is 62.6 Å². The average molecular weight is 1270 g/mol. The highest BCUT2D eigenvalue weighted by atomic mass is 16.3. The lowest BCUT2D eigenvalue weighted by atomic mass is 9.98. The molecule has 0 aromatic heterocycles. The monoisotopic (exact) mass is 1270 g/mol. The SMILES string of the molecule is CC(=O)N[C@H](Cc1ccc(C(=O)c2ccccc2)cc1)C(=O)N[C@@H](Cc1ccccc1)C(=O)N[C@@H](CCC(N)=O)C(=O)N[C@@H](CC(N)=O)C(=O)N[C@@H](CCCN=C(N)N)C(=O)N1CCC[C@H]1C(=O)N[C@@H](CCCN=C(N)N)C(=O)N[C@@H](Cc1ccc(O)cc1)C(N)=O. The molecule has 0 aliphatic carbocycles. The number of carbonyl (C=O) groups is 12. The van der Waals surface area contributed by atoms with Crippen molar-refractivity contribution >= 4 is 82.7 Å². The summed E-state index contributed by atoms with van der Waals surface area (Å²) in [4.78, 5) is 173. The van der Waals surface area contributed by atoms with Crippen LogP contribution in [0.1, 0.15) is 97.3 Å². The molecule has 0 saturated carbocycles. The first kappa shape index (κ1) is 71.8. The second-order valence-electron chi connectivity index (χ2n) is 21.9. The quantitative estimate of drug-likeness (QED) is 0.00922. The van der Waals surface area contributed by atoms with Crippen LogP contribution in [0.5, 0.6) is 5.75 Å². The molecule has 22 N–H and O–H groups in total. The highest BCUT2D eigenvalue weighted by Crippen LogP contribution is 2.22. The molecule has 8 atom stereocenters. The Morgan fingerprint density at radius 2 is 0.924 bits per heavy atom. The van der Waals surface area contributed by atoms with Crippen LogP contribution >= 0.6 is 0 Å². The molecule has 1 aliphatic heterocycles. The Kier molecular flexibility index (Phi) is 28.0. The Hall–Kier alpha value is -10.9. The summed E-state index contributed by atoms with van der Waals surface area (Å²) in [5.41, 5.74) is 41.4. The number of phenols is 1. The Balaban J connectivity index is 1.37. The molecule has 11 amide bonds. The lowest BCUT2D eigenvalue weighted by Gasteiger charge is -2.31. The summed E-state index contributed by atoms with van der Waals surface area (Å²) in [6, 6.07) is 17.6. The molecule has 4 aromatic rings. The molecule has 92 heavy (non-hydrogen) atoms. The van der Waals surface area contributed by atoms with Crippen LogP contribution < -0.4 is 77.4 Å². The third-order valence-corrected chi connectivity index (χ3v) is 14.7. The first-order valence-electron chi connectivity index (χ1n) is 29.6. The zero-order valence-corrected chi connectivity index (χ0v) is 50.8. The smallest absolute Gasteiger partial charge is 0.245 e. The maximum Gasteiger partial charge on any atom is 0.245 e. The Morgan fingerprint density at radius 3 is 1.46 bits per heavy atom. The van der Waals surface area contributed by atoms with E-state index in [4.69, 9.17) is 40.1 Å². The second-order valence-corrected chi connectivity index (χ2v) is 21.9. The van der Waals surface area contributed by atoms with Gasteiger partial charge in [0, 0.05) is 63.4 Å². The van der Waals surface area contributed by atoms with Gasteiger partial charge in [-0.25, -0.2) is 0 Å². The summed E-state index contributed by atoms with van der Waals surface area (Å²) in [6.45, 7) is 1.17. The van der Waals surface area contributed by atoms with Gasteiger partial charge in [-0.05, 0) is 73.8 Å². The van der Waals surface area contributed by atoms with E-state index in [0.717, 1.165) is 0 Å². The van der Waals surface area contributed by atoms with E-state index in [1.54, 1.807) is 84.9 Å². The fourth-order valence-corrected chi connectivity index (χ4v) is 10.0. The van der Waals surface area contributed by atoms with Crippen molar-refractivity contribution in [1.82, 2.24) is 42.1 Å². The largest absolute Gasteiger partial charge is 0.508 e. The highest BCUT2D eigenvalue weighted by Gasteiger charge is 2.41. The number of aliphatic imine (C=N–C) groups is 2. The summed E-state index contributed by atoms with van der Waals surface area (Å²) in [6.07, 6.45) is -1.89. The number of aromatic hydroxyl groups is 1. The molecule has 0 bridgehead atoms. The number of rotatable bonds is 36. The number of phenolic OH excluding ortho intramolecular Hbond substituents is 1. The van der Waals surface area contributed by atoms with Crippen LogP contribution in [0, 0.1) is 0 Å². The lowest BCUT2D eigenvalue weighted by molar-refractivity contribution is -0.143. The molecule has 0 spiro atoms. The fourth-order valence-electron chi connectivity index (χ4n) is 10.0. The normalized spacial score (nSPS) is 14.8. The molecule has 1 aliphatic rings. The van der Waals surface area contributed by atoms with Gasteiger partial charge in [0.25, 0.3) is 0 Å². The number of carbonyl (C=O) groups excluding carboxylic acids is 12. The molecule has 4 aromatic carbocycles. The van der Waals surface area contributed by atoms with Crippen molar-refractivity contribution < 1.29 is 62.6 Å². The molecule has 1 heterocycles. The predicted molar refractivity (Wildman–Crippen MR) is 337 cm³/mol. The number of benzene rings is 4. The minimum Gasteiger partial charge on any atom is -0.508 e. The molecule has 5 rings (SSSR count). The van der Waals surface area contributed by atoms with Gasteiger partial charge in [-0.15, -0.1) is 0 Å². The van der Waals surface area contributed by atoms with Crippen LogP contribution in [-0.4, -0.2) is 161 Å². The maximum atomic E-state index is 14.7. The number of nitrogens with zero attached hydrogens (tertiary/aromatic N) is 3. The summed E-state index contributed by atoms with van der Waals surface area (Å²) in [5.74, 6) is -10.8. The maximum absolute atomic E-state index is 14.7. The van der Waals surface area contributed by atoms with Crippen LogP contribution in [0.3, 0.4) is 0 Å². The number of hydrogen-bond acceptors (Lipinski definition) is 15. The van der Waals surface area contributed by atoms with Crippen LogP contribution in [0.2, 0.25) is 0 Å². The van der Waals surface area contributed by atoms with Crippen LogP contribution in [-0.2, 0) is 72.0 Å². The Morgan fingerprint density at radius 1 is 0.489 bits per heavy atom. The van der Waals surface area contributed by atoms with Crippen molar-refractivity contribution in [3.8, 4) is 5.75 Å². The van der Waals surface area contributed by atoms with E-state index in [0.29, 0.717) is 27.8 Å². The summed E-state index contributed by atoms with van der Waals surface area (Å²) in [7, 11) is 0. The van der Waals surface area contributed by atoms with Gasteiger partial charge in [-0.3, -0.25) is 67.5 Å². The van der Waals surface area contributed by atoms with E-state index in [-0.39, 0.29) is 101 Å². The standard InChI is InChI=1S/C62H81N17O13/c1-35(80)72-46(33-37-18-22-40(23-19-37)52(84)39-13-6-3-7-14-39)56(88)77-47(32-36-11-4-2-5-12-36)57(89)73-43(26-27-50(63)82)55(87)78-48(34-51(64)83)58(90)75-44(16-9-29-71-62(68)69)60(92)79-30-10-17-49(79)59(91)74-42(15-8-28-70-61(66)67)54(86)76-45(53(65)85)31-38-20-24-41(81)25-21-38/h2-7,11-14,18-25,42-49,81H,8-10,15-17,26-34H2,1H3,(H2,63,82)(H2,64,83)(H2,65,85)(H,72,80)(H,73,89)(H,74,91)(H,75,90)(H,76,86)(H,77,88)(H,78,87)(H4,66,67,70)(H4,68,69,71)/t42-,43-,44-,45-,46+,47-,48-,49-/m0/s1. The summed E-state index contributed by atoms with van der Waals surface area (Å²) in [5, 5.41) is 27.8. The molecule has 1 saturated heterocycles. The van der Waals surface area contributed by atoms with Gasteiger partial charge < -0.3 is 87.4 Å². The average Bonchev–Trinajstić information content (AvgIpc) is 1.79. The van der Waals surface area contributed by atoms with Crippen molar-refractivity contribution in [3.63, 3.8) is 0 Å². The summed E-state index contributed by atoms with van der Waals surface area (Å²) >= 11 is 0. The first-order valence-corrected chi connectivity index (χ1v) is 29.6. The molecule has 0 unspecified atom stereocenters. The number of primary amides is 3. The molecule has 492 valence electrons. The van der Waals surface area contributed by atoms with Crippen LogP contribution in [0.25, 0.3) is 0 Å². The van der Waals surface area contributed by atoms with Crippen molar-refractivity contribution in [2.75, 3.05) is 19.6 Å². The van der Waals surface area contributed by atoms with Crippen molar-refractivity contribution in [2.45, 2.75) is 132 Å². The third-order valence-electron chi connectivity index (χ3n) is 14.7. The lowest BCUT2D eigenvalue weighted by Crippen LogP contribution is -2.60. The topological polar surface area (TPSA) is 519 Å². The number of nitrogens with one attached hydrogen (secondary N) is 7. The predicted octanol–water partition coefficient (Wildman–Crippen LogP) is -3.21. The van der Waals surface area contributed by atoms with E-state index < -0.39 is 133 Å². The van der Waals surface area contributed by atoms with Gasteiger partial charge in [0.15, 0.2) is 17.7 Å². The molecule has 0 radical (unpaired) electrons. The van der Waals surface area contributed by atoms with Gasteiger partial charge in [-0.2, -0.15) is 0 Å². The second kappa shape index (κ2) is 35.9. The van der Waals surface area contributed by atoms with E-state index in [1.165, 1.54) is 36.1 Å². The number of likely N-dealkylation sites (tertiary alicyclic amines) is 1. The van der Waals surface area contributed by atoms with Gasteiger partial charge in [0.1, 0.15) is 54.1 Å². The Bertz CT molecular complexity index is 3310. The third kappa shape index (κ3) is 23.9. The number of hydrogen-bond donors (Lipinski definition) is 15. The molecule has 30 heteroatoms. The van der Waals surface area contributed by atoms with Gasteiger partial charge >= 0.3 is 0 Å². The van der Waals surface area contributed by atoms with Crippen LogP contribution in [0.15, 0.2) is 119 Å². The minimum absolute atomic E-state index is 0.0240. The van der Waals surface area contributed by atoms with Gasteiger partial charge in [-0.1, -0.05) is 97.1 Å². The zero-order chi connectivity index (χ0) is 67.4. The first-order chi connectivity index (χ1) is 43.8. The Labute approximate surface area is 530 Å². The molecule has 30 nitrogen and oxygen atoms in total. The number of guanidine groups is 2. The number of amides is 11. The molecular formula is C62H81N17O13. The van der Waals surface area contributed by atoms with Crippen molar-refractivity contribution in [2.24, 2.45) is 50.1 Å². The number of nitrogens with two attached hydrogens (primary N) is 7.